The van der Waals surface area contributed by atoms with Crippen molar-refractivity contribution >= 4 is 0 Å². The molecule has 0 aromatic carbocycles. The maximum atomic E-state index is 2.57. The van der Waals surface area contributed by atoms with E-state index in [0.29, 0.717) is 10.8 Å². The topological polar surface area (TPSA) is 0 Å². The highest BCUT2D eigenvalue weighted by atomic mass is 14.3. The highest BCUT2D eigenvalue weighted by Crippen LogP contribution is 2.40. The molecule has 0 heterocycles. The van der Waals surface area contributed by atoms with Gasteiger partial charge in [0.15, 0.2) is 0 Å². The molecule has 0 heteroatoms. The van der Waals surface area contributed by atoms with Gasteiger partial charge in [-0.1, -0.05) is 93.4 Å². The van der Waals surface area contributed by atoms with Crippen LogP contribution in [0.3, 0.4) is 0 Å². The normalized spacial score (nSPS) is 16.7. The fourth-order valence-electron chi connectivity index (χ4n) is 3.60. The first-order valence-corrected chi connectivity index (χ1v) is 9.78. The summed E-state index contributed by atoms with van der Waals surface area (Å²) in [7, 11) is 0. The van der Waals surface area contributed by atoms with Crippen molar-refractivity contribution < 1.29 is 0 Å². The Balaban J connectivity index is 4.39. The first-order chi connectivity index (χ1) is 9.78. The molecule has 2 unspecified atom stereocenters. The van der Waals surface area contributed by atoms with Gasteiger partial charge in [-0.3, -0.25) is 0 Å². The van der Waals surface area contributed by atoms with Crippen molar-refractivity contribution in [2.45, 2.75) is 119 Å². The van der Waals surface area contributed by atoms with E-state index in [1.165, 1.54) is 70.6 Å². The maximum Gasteiger partial charge on any atom is -0.0323 e. The van der Waals surface area contributed by atoms with Crippen molar-refractivity contribution in [1.29, 1.82) is 0 Å². The van der Waals surface area contributed by atoms with Crippen LogP contribution in [0.1, 0.15) is 119 Å². The lowest BCUT2D eigenvalue weighted by Gasteiger charge is -2.34. The zero-order valence-corrected chi connectivity index (χ0v) is 16.4. The summed E-state index contributed by atoms with van der Waals surface area (Å²) in [5.74, 6) is 0.908. The van der Waals surface area contributed by atoms with Crippen LogP contribution >= 0.6 is 0 Å². The zero-order valence-electron chi connectivity index (χ0n) is 16.4. The molecule has 0 aromatic heterocycles. The molecule has 0 nitrogen and oxygen atoms in total. The second-order valence-corrected chi connectivity index (χ2v) is 8.74. The van der Waals surface area contributed by atoms with Crippen molar-refractivity contribution in [3.63, 3.8) is 0 Å². The van der Waals surface area contributed by atoms with Crippen molar-refractivity contribution in [2.75, 3.05) is 0 Å². The van der Waals surface area contributed by atoms with Crippen LogP contribution in [0.25, 0.3) is 0 Å². The van der Waals surface area contributed by atoms with Gasteiger partial charge in [-0.05, 0) is 42.4 Å². The van der Waals surface area contributed by atoms with E-state index < -0.39 is 0 Å². The minimum absolute atomic E-state index is 0.541. The van der Waals surface area contributed by atoms with E-state index in [-0.39, 0.29) is 0 Å². The predicted molar refractivity (Wildman–Crippen MR) is 98.9 cm³/mol. The molecule has 0 aromatic rings. The molecule has 0 aliphatic carbocycles. The first-order valence-electron chi connectivity index (χ1n) is 9.78. The van der Waals surface area contributed by atoms with Crippen LogP contribution in [0, 0.1) is 16.7 Å². The van der Waals surface area contributed by atoms with Gasteiger partial charge in [0.2, 0.25) is 0 Å². The van der Waals surface area contributed by atoms with Gasteiger partial charge in [0.25, 0.3) is 0 Å². The van der Waals surface area contributed by atoms with Crippen LogP contribution in [0.4, 0.5) is 0 Å². The second-order valence-electron chi connectivity index (χ2n) is 8.74. The highest BCUT2D eigenvalue weighted by Gasteiger charge is 2.26. The molecule has 0 saturated carbocycles. The summed E-state index contributed by atoms with van der Waals surface area (Å²) in [6.07, 6.45) is 15.4. The van der Waals surface area contributed by atoms with Gasteiger partial charge in [-0.2, -0.15) is 0 Å². The van der Waals surface area contributed by atoms with E-state index in [1.807, 2.05) is 0 Å². The van der Waals surface area contributed by atoms with Gasteiger partial charge >= 0.3 is 0 Å². The summed E-state index contributed by atoms with van der Waals surface area (Å²) in [4.78, 5) is 0. The highest BCUT2D eigenvalue weighted by molar-refractivity contribution is 4.78. The minimum Gasteiger partial charge on any atom is -0.0654 e. The summed E-state index contributed by atoms with van der Waals surface area (Å²) >= 11 is 0. The lowest BCUT2D eigenvalue weighted by molar-refractivity contribution is 0.179. The molecule has 0 radical (unpaired) electrons. The lowest BCUT2D eigenvalue weighted by atomic mass is 9.72. The van der Waals surface area contributed by atoms with Crippen LogP contribution in [0.5, 0.6) is 0 Å². The summed E-state index contributed by atoms with van der Waals surface area (Å²) in [5.41, 5.74) is 1.13. The quantitative estimate of drug-likeness (QED) is 0.323. The third-order valence-corrected chi connectivity index (χ3v) is 5.62. The number of unbranched alkanes of at least 4 members (excludes halogenated alkanes) is 2. The van der Waals surface area contributed by atoms with E-state index >= 15 is 0 Å². The molecule has 0 rings (SSSR count). The second kappa shape index (κ2) is 10.7. The third-order valence-electron chi connectivity index (χ3n) is 5.62. The first kappa shape index (κ1) is 21.0. The fraction of sp³-hybridized carbons (Fsp3) is 1.00. The SMILES string of the molecule is CCCCC(C)CC(C)(CCCC)CCCC(C)(C)CC. The summed E-state index contributed by atoms with van der Waals surface area (Å²) in [6, 6.07) is 0. The standard InChI is InChI=1S/C21H44/c1-8-11-14-19(4)18-21(7,16-12-9-2)17-13-15-20(5,6)10-3/h19H,8-18H2,1-7H3. The molecule has 0 aliphatic heterocycles. The molecule has 0 N–H and O–H groups in total. The van der Waals surface area contributed by atoms with Gasteiger partial charge in [-0.15, -0.1) is 0 Å². The number of rotatable bonds is 13. The Hall–Kier alpha value is 0. The molecule has 0 amide bonds. The number of hydrogen-bond acceptors (Lipinski definition) is 0. The van der Waals surface area contributed by atoms with E-state index in [4.69, 9.17) is 0 Å². The summed E-state index contributed by atoms with van der Waals surface area (Å²) in [6.45, 7) is 16.9. The van der Waals surface area contributed by atoms with Crippen molar-refractivity contribution in [3.8, 4) is 0 Å². The zero-order chi connectivity index (χ0) is 16.4. The van der Waals surface area contributed by atoms with Crippen LogP contribution in [0.15, 0.2) is 0 Å². The van der Waals surface area contributed by atoms with Crippen molar-refractivity contribution in [2.24, 2.45) is 16.7 Å². The Labute approximate surface area is 136 Å². The van der Waals surface area contributed by atoms with Gasteiger partial charge in [-0.25, -0.2) is 0 Å². The lowest BCUT2D eigenvalue weighted by Crippen LogP contribution is -2.21. The smallest absolute Gasteiger partial charge is 0.0323 e. The molecule has 0 spiro atoms. The Kier molecular flexibility index (Phi) is 10.7. The van der Waals surface area contributed by atoms with Crippen molar-refractivity contribution in [1.82, 2.24) is 0 Å². The molecule has 0 saturated heterocycles. The predicted octanol–water partition coefficient (Wildman–Crippen LogP) is 8.01. The van der Waals surface area contributed by atoms with Gasteiger partial charge < -0.3 is 0 Å². The van der Waals surface area contributed by atoms with Gasteiger partial charge in [0.1, 0.15) is 0 Å². The van der Waals surface area contributed by atoms with Crippen LogP contribution in [0.2, 0.25) is 0 Å². The van der Waals surface area contributed by atoms with Crippen LogP contribution in [-0.2, 0) is 0 Å². The minimum atomic E-state index is 0.541. The molecule has 128 valence electrons. The molecule has 21 heavy (non-hydrogen) atoms. The average molecular weight is 297 g/mol. The molecule has 0 fully saturated rings. The molecule has 0 aliphatic rings. The van der Waals surface area contributed by atoms with E-state index in [9.17, 15) is 0 Å². The number of hydrogen-bond donors (Lipinski definition) is 0. The Bertz CT molecular complexity index is 240. The van der Waals surface area contributed by atoms with Crippen molar-refractivity contribution in [3.05, 3.63) is 0 Å². The Morgan fingerprint density at radius 2 is 1.33 bits per heavy atom. The monoisotopic (exact) mass is 296 g/mol. The molecule has 0 bridgehead atoms. The average Bonchev–Trinajstić information content (AvgIpc) is 2.42. The van der Waals surface area contributed by atoms with Crippen LogP contribution < -0.4 is 0 Å². The summed E-state index contributed by atoms with van der Waals surface area (Å²) in [5, 5.41) is 0. The largest absolute Gasteiger partial charge is 0.0654 e. The van der Waals surface area contributed by atoms with E-state index in [2.05, 4.69) is 48.5 Å². The Morgan fingerprint density at radius 3 is 1.86 bits per heavy atom. The molecular weight excluding hydrogens is 252 g/mol. The molecular formula is C21H44. The van der Waals surface area contributed by atoms with Crippen LogP contribution in [-0.4, -0.2) is 0 Å². The van der Waals surface area contributed by atoms with Gasteiger partial charge in [0, 0.05) is 0 Å². The summed E-state index contributed by atoms with van der Waals surface area (Å²) < 4.78 is 0. The van der Waals surface area contributed by atoms with E-state index in [0.717, 1.165) is 5.92 Å². The fourth-order valence-corrected chi connectivity index (χ4v) is 3.60. The maximum absolute atomic E-state index is 2.57. The molecule has 2 atom stereocenters. The van der Waals surface area contributed by atoms with Gasteiger partial charge in [0.05, 0.1) is 0 Å². The third kappa shape index (κ3) is 10.4. The Morgan fingerprint density at radius 1 is 0.762 bits per heavy atom. The van der Waals surface area contributed by atoms with E-state index in [1.54, 1.807) is 0 Å².